The highest BCUT2D eigenvalue weighted by atomic mass is 16.3. The maximum absolute atomic E-state index is 12.4. The number of carbonyl (C=O) groups is 1. The van der Waals surface area contributed by atoms with E-state index in [0.717, 1.165) is 75.0 Å². The Morgan fingerprint density at radius 1 is 0.972 bits per heavy atom. The highest BCUT2D eigenvalue weighted by Crippen LogP contribution is 2.34. The van der Waals surface area contributed by atoms with Crippen LogP contribution in [0.1, 0.15) is 19.3 Å². The molecule has 1 saturated carbocycles. The molecule has 0 bridgehead atoms. The summed E-state index contributed by atoms with van der Waals surface area (Å²) < 4.78 is 5.26. The van der Waals surface area contributed by atoms with Crippen molar-refractivity contribution < 1.29 is 9.21 Å². The summed E-state index contributed by atoms with van der Waals surface area (Å²) in [5.41, 5.74) is 7.43. The van der Waals surface area contributed by atoms with Crippen LogP contribution < -0.4 is 5.32 Å². The maximum atomic E-state index is 12.4. The largest absolute Gasteiger partial charge is 0.472 e. The van der Waals surface area contributed by atoms with Gasteiger partial charge in [0.05, 0.1) is 53.2 Å². The van der Waals surface area contributed by atoms with Gasteiger partial charge in [-0.3, -0.25) is 24.8 Å². The van der Waals surface area contributed by atoms with E-state index in [-0.39, 0.29) is 11.8 Å². The van der Waals surface area contributed by atoms with Gasteiger partial charge in [0.15, 0.2) is 0 Å². The van der Waals surface area contributed by atoms with Crippen molar-refractivity contribution >= 4 is 33.4 Å². The molecule has 1 amide bonds. The number of hydrogen-bond acceptors (Lipinski definition) is 6. The second kappa shape index (κ2) is 8.16. The van der Waals surface area contributed by atoms with Crippen LogP contribution in [-0.2, 0) is 4.79 Å². The van der Waals surface area contributed by atoms with Crippen molar-refractivity contribution in [1.29, 1.82) is 0 Å². The molecule has 0 spiro atoms. The molecule has 9 heteroatoms. The van der Waals surface area contributed by atoms with Crippen LogP contribution in [0, 0.1) is 5.92 Å². The number of H-pyrrole nitrogens is 2. The molecule has 1 aliphatic rings. The van der Waals surface area contributed by atoms with Gasteiger partial charge in [-0.25, -0.2) is 0 Å². The van der Waals surface area contributed by atoms with Crippen LogP contribution in [0.25, 0.3) is 55.7 Å². The number of pyridine rings is 3. The molecule has 6 aromatic rings. The lowest BCUT2D eigenvalue weighted by Crippen LogP contribution is -2.28. The van der Waals surface area contributed by atoms with Gasteiger partial charge in [-0.2, -0.15) is 5.10 Å². The normalized spacial score (nSPS) is 13.8. The molecule has 7 rings (SSSR count). The van der Waals surface area contributed by atoms with Crippen LogP contribution in [0.15, 0.2) is 72.1 Å². The second-order valence-electron chi connectivity index (χ2n) is 9.08. The van der Waals surface area contributed by atoms with Gasteiger partial charge in [0.25, 0.3) is 0 Å². The van der Waals surface area contributed by atoms with Gasteiger partial charge in [0.1, 0.15) is 5.69 Å². The summed E-state index contributed by atoms with van der Waals surface area (Å²) in [5.74, 6) is 0.168. The zero-order valence-corrected chi connectivity index (χ0v) is 19.2. The number of aromatic nitrogens is 6. The molecule has 1 aliphatic carbocycles. The first-order chi connectivity index (χ1) is 17.7. The molecule has 9 nitrogen and oxygen atoms in total. The lowest BCUT2D eigenvalue weighted by Gasteiger charge is -2.24. The van der Waals surface area contributed by atoms with Crippen molar-refractivity contribution in [1.82, 2.24) is 30.1 Å². The minimum atomic E-state index is 0.0591. The van der Waals surface area contributed by atoms with Gasteiger partial charge in [-0.15, -0.1) is 0 Å². The van der Waals surface area contributed by atoms with Crippen molar-refractivity contribution in [3.63, 3.8) is 0 Å². The molecule has 1 fully saturated rings. The van der Waals surface area contributed by atoms with E-state index >= 15 is 0 Å². The molecule has 0 unspecified atom stereocenters. The average molecular weight is 476 g/mol. The predicted octanol–water partition coefficient (Wildman–Crippen LogP) is 5.56. The Morgan fingerprint density at radius 3 is 2.72 bits per heavy atom. The Kier molecular flexibility index (Phi) is 4.66. The van der Waals surface area contributed by atoms with E-state index in [2.05, 4.69) is 41.5 Å². The second-order valence-corrected chi connectivity index (χ2v) is 9.08. The van der Waals surface area contributed by atoms with Gasteiger partial charge in [-0.05, 0) is 43.2 Å². The van der Waals surface area contributed by atoms with E-state index in [1.807, 2.05) is 24.3 Å². The zero-order chi connectivity index (χ0) is 24.1. The number of rotatable bonds is 5. The number of furan rings is 1. The fourth-order valence-corrected chi connectivity index (χ4v) is 4.65. The molecule has 0 atom stereocenters. The van der Waals surface area contributed by atoms with Crippen LogP contribution in [0.2, 0.25) is 0 Å². The minimum Gasteiger partial charge on any atom is -0.472 e. The van der Waals surface area contributed by atoms with Crippen LogP contribution in [0.3, 0.4) is 0 Å². The molecule has 6 heterocycles. The van der Waals surface area contributed by atoms with Crippen molar-refractivity contribution in [3.8, 4) is 33.9 Å². The molecular weight excluding hydrogens is 454 g/mol. The van der Waals surface area contributed by atoms with Gasteiger partial charge in [-0.1, -0.05) is 6.42 Å². The van der Waals surface area contributed by atoms with E-state index in [1.54, 1.807) is 37.3 Å². The average Bonchev–Trinajstić information content (AvgIpc) is 3.61. The Labute approximate surface area is 205 Å². The third-order valence-corrected chi connectivity index (χ3v) is 6.82. The fourth-order valence-electron chi connectivity index (χ4n) is 4.65. The summed E-state index contributed by atoms with van der Waals surface area (Å²) in [5, 5.41) is 12.6. The fraction of sp³-hybridized carbons (Fsp3) is 0.148. The minimum absolute atomic E-state index is 0.0591. The summed E-state index contributed by atoms with van der Waals surface area (Å²) in [6.07, 6.45) is 13.3. The van der Waals surface area contributed by atoms with E-state index in [0.29, 0.717) is 5.69 Å². The van der Waals surface area contributed by atoms with E-state index in [4.69, 9.17) is 4.42 Å². The first-order valence-electron chi connectivity index (χ1n) is 11.8. The number of hydrogen-bond donors (Lipinski definition) is 3. The Bertz CT molecular complexity index is 1730. The Hall–Kier alpha value is -4.79. The van der Waals surface area contributed by atoms with E-state index in [9.17, 15) is 4.79 Å². The number of nitrogens with one attached hydrogen (secondary N) is 3. The van der Waals surface area contributed by atoms with Gasteiger partial charge in [0, 0.05) is 45.7 Å². The van der Waals surface area contributed by atoms with Gasteiger partial charge in [0.2, 0.25) is 5.91 Å². The van der Waals surface area contributed by atoms with E-state index in [1.165, 1.54) is 0 Å². The third kappa shape index (κ3) is 3.44. The molecule has 6 aromatic heterocycles. The third-order valence-electron chi connectivity index (χ3n) is 6.82. The Morgan fingerprint density at radius 2 is 1.89 bits per heavy atom. The topological polar surface area (TPSA) is 125 Å². The monoisotopic (exact) mass is 475 g/mol. The van der Waals surface area contributed by atoms with Crippen LogP contribution in [-0.4, -0.2) is 36.0 Å². The number of carbonyl (C=O) groups excluding carboxylic acids is 1. The summed E-state index contributed by atoms with van der Waals surface area (Å²) in [6.45, 7) is 0. The summed E-state index contributed by atoms with van der Waals surface area (Å²) in [4.78, 5) is 29.3. The molecule has 0 aliphatic heterocycles. The van der Waals surface area contributed by atoms with Crippen molar-refractivity contribution in [2.24, 2.45) is 5.92 Å². The van der Waals surface area contributed by atoms with Crippen LogP contribution in [0.4, 0.5) is 5.69 Å². The molecular formula is C27H21N7O2. The lowest BCUT2D eigenvalue weighted by atomic mass is 9.85. The summed E-state index contributed by atoms with van der Waals surface area (Å²) in [7, 11) is 0. The van der Waals surface area contributed by atoms with Gasteiger partial charge < -0.3 is 14.7 Å². The maximum Gasteiger partial charge on any atom is 0.227 e. The number of anilines is 1. The number of aromatic amines is 2. The first-order valence-corrected chi connectivity index (χ1v) is 11.8. The number of fused-ring (bicyclic) bond motifs is 2. The molecule has 3 N–H and O–H groups in total. The van der Waals surface area contributed by atoms with Crippen LogP contribution in [0.5, 0.6) is 0 Å². The molecule has 0 saturated heterocycles. The SMILES string of the molecule is O=C(Nc1cncc(-c2cc3c(-c4cc5c(-c6ccoc6)nccc5[nH]4)n[nH]c3cn2)c1)C1CCC1. The quantitative estimate of drug-likeness (QED) is 0.300. The summed E-state index contributed by atoms with van der Waals surface area (Å²) >= 11 is 0. The van der Waals surface area contributed by atoms with Crippen molar-refractivity contribution in [3.05, 3.63) is 67.6 Å². The predicted molar refractivity (Wildman–Crippen MR) is 136 cm³/mol. The summed E-state index contributed by atoms with van der Waals surface area (Å²) in [6, 6.07) is 9.79. The van der Waals surface area contributed by atoms with Gasteiger partial charge >= 0.3 is 0 Å². The van der Waals surface area contributed by atoms with Crippen molar-refractivity contribution in [2.45, 2.75) is 19.3 Å². The van der Waals surface area contributed by atoms with Crippen molar-refractivity contribution in [2.75, 3.05) is 5.32 Å². The zero-order valence-electron chi connectivity index (χ0n) is 19.2. The number of nitrogens with zero attached hydrogens (tertiary/aromatic N) is 4. The van der Waals surface area contributed by atoms with E-state index < -0.39 is 0 Å². The highest BCUT2D eigenvalue weighted by Gasteiger charge is 2.25. The first kappa shape index (κ1) is 20.6. The Balaban J connectivity index is 1.26. The molecule has 36 heavy (non-hydrogen) atoms. The highest BCUT2D eigenvalue weighted by molar-refractivity contribution is 6.00. The van der Waals surface area contributed by atoms with Crippen LogP contribution >= 0.6 is 0 Å². The molecule has 0 aromatic carbocycles. The smallest absolute Gasteiger partial charge is 0.227 e. The molecule has 176 valence electrons. The lowest BCUT2D eigenvalue weighted by molar-refractivity contribution is -0.122. The standard InChI is InChI=1S/C27H21N7O2/c35-27(15-2-1-3-15)31-18-8-17(11-28-12-18)22-9-20-24(13-30-22)33-34-26(20)23-10-19-21(32-23)4-6-29-25(19)16-5-7-36-14-16/h4-15,32H,1-3H2,(H,31,35)(H,33,34). The molecule has 0 radical (unpaired) electrons. The number of amides is 1.